The zero-order valence-electron chi connectivity index (χ0n) is 16.1. The highest BCUT2D eigenvalue weighted by Gasteiger charge is 2.15. The summed E-state index contributed by atoms with van der Waals surface area (Å²) in [4.78, 5) is 24.6. The third-order valence-electron chi connectivity index (χ3n) is 4.21. The van der Waals surface area contributed by atoms with Crippen molar-refractivity contribution in [2.24, 2.45) is 0 Å². The Morgan fingerprint density at radius 1 is 1.29 bits per heavy atom. The molecule has 0 bridgehead atoms. The highest BCUT2D eigenvalue weighted by molar-refractivity contribution is 6.76. The van der Waals surface area contributed by atoms with Crippen LogP contribution >= 0.6 is 0 Å². The maximum atomic E-state index is 11.5. The second-order valence-corrected chi connectivity index (χ2v) is 13.4. The van der Waals surface area contributed by atoms with Crippen molar-refractivity contribution in [1.82, 2.24) is 14.8 Å². The molecule has 0 spiro atoms. The van der Waals surface area contributed by atoms with E-state index in [0.717, 1.165) is 23.0 Å². The fourth-order valence-electron chi connectivity index (χ4n) is 2.66. The molecule has 148 valence electrons. The average molecular weight is 401 g/mol. The molecule has 3 aromatic rings. The van der Waals surface area contributed by atoms with Gasteiger partial charge in [-0.15, -0.1) is 0 Å². The number of nitro groups is 1. The molecule has 2 heterocycles. The van der Waals surface area contributed by atoms with Crippen molar-refractivity contribution in [2.75, 3.05) is 11.9 Å². The molecule has 2 N–H and O–H groups in total. The molecule has 0 aliphatic carbocycles. The van der Waals surface area contributed by atoms with Gasteiger partial charge in [0.25, 0.3) is 0 Å². The minimum Gasteiger partial charge on any atom is -0.360 e. The molecule has 10 heteroatoms. The van der Waals surface area contributed by atoms with Crippen molar-refractivity contribution in [2.45, 2.75) is 32.4 Å². The minimum atomic E-state index is -1.13. The van der Waals surface area contributed by atoms with E-state index in [4.69, 9.17) is 4.74 Å². The summed E-state index contributed by atoms with van der Waals surface area (Å²) >= 11 is 0. The van der Waals surface area contributed by atoms with Crippen LogP contribution in [0.3, 0.4) is 0 Å². The van der Waals surface area contributed by atoms with E-state index in [-0.39, 0.29) is 11.5 Å². The van der Waals surface area contributed by atoms with Crippen LogP contribution in [-0.4, -0.2) is 34.4 Å². The monoisotopic (exact) mass is 401 g/mol. The van der Waals surface area contributed by atoms with Crippen LogP contribution in [0.1, 0.15) is 0 Å². The van der Waals surface area contributed by atoms with Crippen molar-refractivity contribution in [3.8, 4) is 0 Å². The fraction of sp³-hybridized carbons (Fsp3) is 0.333. The third-order valence-corrected chi connectivity index (χ3v) is 5.92. The Kier molecular flexibility index (Phi) is 5.61. The van der Waals surface area contributed by atoms with Crippen LogP contribution < -0.4 is 10.9 Å². The van der Waals surface area contributed by atoms with Crippen molar-refractivity contribution < 1.29 is 9.66 Å². The largest absolute Gasteiger partial charge is 0.360 e. The molecule has 0 saturated heterocycles. The molecule has 0 unspecified atom stereocenters. The lowest BCUT2D eigenvalue weighted by Gasteiger charge is -2.15. The summed E-state index contributed by atoms with van der Waals surface area (Å²) in [5.74, 6) is 0.0407. The lowest BCUT2D eigenvalue weighted by atomic mass is 10.2. The van der Waals surface area contributed by atoms with Crippen molar-refractivity contribution in [1.29, 1.82) is 0 Å². The number of nitrogens with one attached hydrogen (secondary N) is 2. The Bertz CT molecular complexity index is 1050. The Morgan fingerprint density at radius 2 is 2.07 bits per heavy atom. The summed E-state index contributed by atoms with van der Waals surface area (Å²) in [6.45, 7) is 8.00. The van der Waals surface area contributed by atoms with Gasteiger partial charge in [-0.3, -0.25) is 14.9 Å². The molecule has 0 amide bonds. The number of H-pyrrole nitrogens is 1. The van der Waals surface area contributed by atoms with E-state index in [0.29, 0.717) is 19.0 Å². The molecule has 1 aromatic carbocycles. The zero-order valence-corrected chi connectivity index (χ0v) is 17.1. The first-order valence-electron chi connectivity index (χ1n) is 8.91. The van der Waals surface area contributed by atoms with E-state index in [2.05, 4.69) is 35.0 Å². The third kappa shape index (κ3) is 4.84. The van der Waals surface area contributed by atoms with Gasteiger partial charge in [0, 0.05) is 37.9 Å². The van der Waals surface area contributed by atoms with Crippen LogP contribution in [0.2, 0.25) is 25.7 Å². The van der Waals surface area contributed by atoms with Crippen molar-refractivity contribution in [3.63, 3.8) is 0 Å². The molecule has 0 aliphatic rings. The first kappa shape index (κ1) is 19.8. The maximum absolute atomic E-state index is 11.5. The second kappa shape index (κ2) is 7.95. The molecule has 0 radical (unpaired) electrons. The summed E-state index contributed by atoms with van der Waals surface area (Å²) in [6.07, 6.45) is 1.71. The van der Waals surface area contributed by atoms with Gasteiger partial charge in [-0.1, -0.05) is 19.6 Å². The Hall–Kier alpha value is -2.98. The van der Waals surface area contributed by atoms with Gasteiger partial charge in [-0.05, 0) is 24.2 Å². The first-order chi connectivity index (χ1) is 13.2. The quantitative estimate of drug-likeness (QED) is 0.257. The lowest BCUT2D eigenvalue weighted by molar-refractivity contribution is -0.384. The maximum Gasteiger partial charge on any atom is 0.309 e. The zero-order chi connectivity index (χ0) is 20.3. The number of nitrogens with zero attached hydrogens (tertiary/aromatic N) is 3. The molecular weight excluding hydrogens is 378 g/mol. The van der Waals surface area contributed by atoms with E-state index in [1.54, 1.807) is 16.9 Å². The topological polar surface area (TPSA) is 115 Å². The number of benzene rings is 1. The van der Waals surface area contributed by atoms with E-state index in [9.17, 15) is 14.9 Å². The number of aromatic nitrogens is 3. The van der Waals surface area contributed by atoms with E-state index in [1.165, 1.54) is 6.07 Å². The fourth-order valence-corrected chi connectivity index (χ4v) is 3.41. The van der Waals surface area contributed by atoms with Crippen LogP contribution in [0.25, 0.3) is 10.9 Å². The molecular formula is C18H23N5O4Si. The SMILES string of the molecule is C[Si](C)(C)CCOCn1ncc2cc(Nc3[nH]c(=O)ccc3[N+](=O)[O-])ccc21. The highest BCUT2D eigenvalue weighted by atomic mass is 28.3. The normalized spacial score (nSPS) is 11.7. The molecule has 0 saturated carbocycles. The molecule has 3 rings (SSSR count). The van der Waals surface area contributed by atoms with Gasteiger partial charge in [0.1, 0.15) is 6.73 Å². The van der Waals surface area contributed by atoms with Gasteiger partial charge >= 0.3 is 5.69 Å². The van der Waals surface area contributed by atoms with E-state index >= 15 is 0 Å². The lowest BCUT2D eigenvalue weighted by Crippen LogP contribution is -2.22. The number of rotatable bonds is 8. The van der Waals surface area contributed by atoms with Gasteiger partial charge in [0.05, 0.1) is 16.6 Å². The standard InChI is InChI=1S/C18H23N5O4Si/c1-28(2,3)9-8-27-12-22-15-5-4-14(10-13(15)11-19-22)20-18-16(23(25)26)6-7-17(24)21-18/h4-7,10-11H,8-9,12H2,1-3H3,(H2,20,21,24). The number of pyridine rings is 1. The molecule has 0 fully saturated rings. The Labute approximate surface area is 162 Å². The smallest absolute Gasteiger partial charge is 0.309 e. The highest BCUT2D eigenvalue weighted by Crippen LogP contribution is 2.26. The van der Waals surface area contributed by atoms with E-state index < -0.39 is 18.6 Å². The van der Waals surface area contributed by atoms with Crippen molar-refractivity contribution >= 4 is 36.2 Å². The van der Waals surface area contributed by atoms with Gasteiger partial charge < -0.3 is 15.0 Å². The number of ether oxygens (including phenoxy) is 1. The Morgan fingerprint density at radius 3 is 2.79 bits per heavy atom. The van der Waals surface area contributed by atoms with Gasteiger partial charge in [0.2, 0.25) is 5.56 Å². The summed E-state index contributed by atoms with van der Waals surface area (Å²) in [5.41, 5.74) is 0.884. The second-order valence-electron chi connectivity index (χ2n) is 7.73. The summed E-state index contributed by atoms with van der Waals surface area (Å²) in [6, 6.07) is 8.84. The van der Waals surface area contributed by atoms with Crippen LogP contribution in [0.5, 0.6) is 0 Å². The van der Waals surface area contributed by atoms with Gasteiger partial charge in [0.15, 0.2) is 5.82 Å². The number of hydrogen-bond acceptors (Lipinski definition) is 6. The number of fused-ring (bicyclic) bond motifs is 1. The van der Waals surface area contributed by atoms with Crippen LogP contribution in [0, 0.1) is 10.1 Å². The average Bonchev–Trinajstić information content (AvgIpc) is 3.00. The molecule has 0 aliphatic heterocycles. The van der Waals surface area contributed by atoms with E-state index in [1.807, 2.05) is 12.1 Å². The summed E-state index contributed by atoms with van der Waals surface area (Å²) in [7, 11) is -1.13. The Balaban J connectivity index is 1.75. The van der Waals surface area contributed by atoms with Gasteiger partial charge in [-0.25, -0.2) is 4.68 Å². The van der Waals surface area contributed by atoms with Crippen LogP contribution in [0.15, 0.2) is 41.3 Å². The predicted molar refractivity (Wildman–Crippen MR) is 111 cm³/mol. The first-order valence-corrected chi connectivity index (χ1v) is 12.6. The number of aromatic amines is 1. The molecule has 28 heavy (non-hydrogen) atoms. The molecule has 2 aromatic heterocycles. The molecule has 0 atom stereocenters. The summed E-state index contributed by atoms with van der Waals surface area (Å²) < 4.78 is 7.52. The number of hydrogen-bond donors (Lipinski definition) is 2. The minimum absolute atomic E-state index is 0.0407. The number of anilines is 2. The van der Waals surface area contributed by atoms with Crippen LogP contribution in [0.4, 0.5) is 17.2 Å². The predicted octanol–water partition coefficient (Wildman–Crippen LogP) is 3.69. The van der Waals surface area contributed by atoms with Gasteiger partial charge in [-0.2, -0.15) is 5.10 Å². The van der Waals surface area contributed by atoms with Crippen molar-refractivity contribution in [3.05, 3.63) is 57.0 Å². The summed E-state index contributed by atoms with van der Waals surface area (Å²) in [5, 5.41) is 19.3. The van der Waals surface area contributed by atoms with Crippen LogP contribution in [-0.2, 0) is 11.5 Å². The molecule has 9 nitrogen and oxygen atoms in total.